The number of amides is 2. The van der Waals surface area contributed by atoms with E-state index in [-0.39, 0.29) is 18.4 Å². The molecule has 1 saturated carbocycles. The summed E-state index contributed by atoms with van der Waals surface area (Å²) < 4.78 is 0. The fourth-order valence-electron chi connectivity index (χ4n) is 2.18. The molecule has 3 N–H and O–H groups in total. The van der Waals surface area contributed by atoms with Gasteiger partial charge in [-0.2, -0.15) is 5.26 Å². The molecule has 0 heterocycles. The Balaban J connectivity index is 2.00. The first kappa shape index (κ1) is 14.9. The van der Waals surface area contributed by atoms with Gasteiger partial charge in [0.15, 0.2) is 0 Å². The van der Waals surface area contributed by atoms with E-state index in [9.17, 15) is 9.59 Å². The van der Waals surface area contributed by atoms with Crippen molar-refractivity contribution in [2.45, 2.75) is 32.2 Å². The lowest BCUT2D eigenvalue weighted by Crippen LogP contribution is -2.40. The zero-order valence-corrected chi connectivity index (χ0v) is 11.7. The molecule has 0 aromatic heterocycles. The third-order valence-electron chi connectivity index (χ3n) is 3.52. The summed E-state index contributed by atoms with van der Waals surface area (Å²) >= 11 is 0. The average Bonchev–Trinajstić information content (AvgIpc) is 3.24. The van der Waals surface area contributed by atoms with Gasteiger partial charge in [-0.3, -0.25) is 4.79 Å². The van der Waals surface area contributed by atoms with E-state index < -0.39 is 12.0 Å². The maximum atomic E-state index is 12.0. The zero-order valence-electron chi connectivity index (χ0n) is 11.7. The first-order chi connectivity index (χ1) is 9.99. The van der Waals surface area contributed by atoms with Crippen molar-refractivity contribution in [2.75, 3.05) is 5.32 Å². The molecule has 0 saturated heterocycles. The number of nitrogens with one attached hydrogen (secondary N) is 2. The molecular weight excluding hydrogens is 270 g/mol. The van der Waals surface area contributed by atoms with Crippen LogP contribution in [0.2, 0.25) is 0 Å². The largest absolute Gasteiger partial charge is 0.481 e. The van der Waals surface area contributed by atoms with Crippen molar-refractivity contribution in [2.24, 2.45) is 5.92 Å². The summed E-state index contributed by atoms with van der Waals surface area (Å²) in [6.45, 7) is 1.83. The van der Waals surface area contributed by atoms with Crippen LogP contribution >= 0.6 is 0 Å². The maximum absolute atomic E-state index is 12.0. The molecule has 0 aliphatic heterocycles. The van der Waals surface area contributed by atoms with Crippen molar-refractivity contribution >= 4 is 17.7 Å². The van der Waals surface area contributed by atoms with Gasteiger partial charge in [0, 0.05) is 11.7 Å². The molecule has 0 spiro atoms. The highest BCUT2D eigenvalue weighted by atomic mass is 16.4. The van der Waals surface area contributed by atoms with Crippen LogP contribution in [-0.4, -0.2) is 23.1 Å². The van der Waals surface area contributed by atoms with Crippen molar-refractivity contribution in [3.05, 3.63) is 29.3 Å². The number of carbonyl (C=O) groups is 2. The molecule has 1 aliphatic rings. The number of anilines is 1. The second-order valence-electron chi connectivity index (χ2n) is 5.28. The smallest absolute Gasteiger partial charge is 0.319 e. The fourth-order valence-corrected chi connectivity index (χ4v) is 2.18. The highest BCUT2D eigenvalue weighted by Gasteiger charge is 2.33. The first-order valence-electron chi connectivity index (χ1n) is 6.79. The second-order valence-corrected chi connectivity index (χ2v) is 5.28. The van der Waals surface area contributed by atoms with E-state index in [1.807, 2.05) is 13.0 Å². The lowest BCUT2D eigenvalue weighted by atomic mass is 10.1. The number of hydrogen-bond donors (Lipinski definition) is 3. The number of carboxylic acids is 1. The molecule has 1 aliphatic carbocycles. The Labute approximate surface area is 122 Å². The number of nitriles is 1. The number of urea groups is 1. The van der Waals surface area contributed by atoms with Gasteiger partial charge in [-0.25, -0.2) is 4.79 Å². The zero-order chi connectivity index (χ0) is 15.4. The van der Waals surface area contributed by atoms with Crippen molar-refractivity contribution in [3.8, 4) is 6.07 Å². The van der Waals surface area contributed by atoms with Gasteiger partial charge < -0.3 is 15.7 Å². The van der Waals surface area contributed by atoms with Crippen LogP contribution in [0.5, 0.6) is 0 Å². The van der Waals surface area contributed by atoms with E-state index in [1.54, 1.807) is 18.2 Å². The van der Waals surface area contributed by atoms with Crippen LogP contribution in [0, 0.1) is 24.2 Å². The molecule has 6 heteroatoms. The molecule has 110 valence electrons. The molecular formula is C15H17N3O3. The minimum absolute atomic E-state index is 0.0741. The minimum atomic E-state index is -0.921. The predicted molar refractivity (Wildman–Crippen MR) is 76.8 cm³/mol. The molecule has 0 radical (unpaired) electrons. The van der Waals surface area contributed by atoms with Gasteiger partial charge >= 0.3 is 12.0 Å². The third-order valence-corrected chi connectivity index (χ3v) is 3.52. The van der Waals surface area contributed by atoms with E-state index in [0.29, 0.717) is 11.3 Å². The van der Waals surface area contributed by atoms with E-state index in [0.717, 1.165) is 18.4 Å². The second kappa shape index (κ2) is 6.27. The van der Waals surface area contributed by atoms with Gasteiger partial charge in [-0.1, -0.05) is 6.07 Å². The normalized spacial score (nSPS) is 14.9. The Hall–Kier alpha value is -2.55. The van der Waals surface area contributed by atoms with Crippen LogP contribution in [0.15, 0.2) is 18.2 Å². The molecule has 1 aromatic carbocycles. The summed E-state index contributed by atoms with van der Waals surface area (Å²) in [5.74, 6) is -0.673. The Morgan fingerprint density at radius 1 is 1.48 bits per heavy atom. The van der Waals surface area contributed by atoms with E-state index in [2.05, 4.69) is 10.6 Å². The first-order valence-corrected chi connectivity index (χ1v) is 6.79. The van der Waals surface area contributed by atoms with Crippen LogP contribution in [0.3, 0.4) is 0 Å². The van der Waals surface area contributed by atoms with Gasteiger partial charge in [0.25, 0.3) is 0 Å². The number of carboxylic acid groups (broad SMARTS) is 1. The molecule has 6 nitrogen and oxygen atoms in total. The summed E-state index contributed by atoms with van der Waals surface area (Å²) in [7, 11) is 0. The van der Waals surface area contributed by atoms with Crippen LogP contribution in [-0.2, 0) is 4.79 Å². The summed E-state index contributed by atoms with van der Waals surface area (Å²) in [5, 5.41) is 23.1. The van der Waals surface area contributed by atoms with Crippen molar-refractivity contribution in [3.63, 3.8) is 0 Å². The quantitative estimate of drug-likeness (QED) is 0.772. The number of carbonyl (C=O) groups excluding carboxylic acids is 1. The lowest BCUT2D eigenvalue weighted by molar-refractivity contribution is -0.137. The van der Waals surface area contributed by atoms with Gasteiger partial charge in [0.2, 0.25) is 0 Å². The van der Waals surface area contributed by atoms with Crippen LogP contribution < -0.4 is 10.6 Å². The molecule has 2 amide bonds. The number of aryl methyl sites for hydroxylation is 1. The molecule has 1 atom stereocenters. The number of aliphatic carboxylic acids is 1. The standard InChI is InChI=1S/C15H17N3O3/c1-9-2-3-10(8-16)6-12(9)17-15(21)18-13(7-14(19)20)11-4-5-11/h2-3,6,11,13H,4-5,7H2,1H3,(H,19,20)(H2,17,18,21). The summed E-state index contributed by atoms with van der Waals surface area (Å²) in [4.78, 5) is 22.8. The molecule has 21 heavy (non-hydrogen) atoms. The van der Waals surface area contributed by atoms with Crippen LogP contribution in [0.25, 0.3) is 0 Å². The lowest BCUT2D eigenvalue weighted by Gasteiger charge is -2.17. The maximum Gasteiger partial charge on any atom is 0.319 e. The number of rotatable bonds is 5. The number of nitrogens with zero attached hydrogens (tertiary/aromatic N) is 1. The van der Waals surface area contributed by atoms with Gasteiger partial charge in [0.1, 0.15) is 0 Å². The van der Waals surface area contributed by atoms with Gasteiger partial charge in [-0.05, 0) is 43.4 Å². The SMILES string of the molecule is Cc1ccc(C#N)cc1NC(=O)NC(CC(=O)O)C1CC1. The van der Waals surface area contributed by atoms with Crippen LogP contribution in [0.1, 0.15) is 30.4 Å². The Bertz CT molecular complexity index is 603. The highest BCUT2D eigenvalue weighted by Crippen LogP contribution is 2.34. The molecule has 2 rings (SSSR count). The minimum Gasteiger partial charge on any atom is -0.481 e. The topological polar surface area (TPSA) is 102 Å². The van der Waals surface area contributed by atoms with Crippen molar-refractivity contribution in [1.82, 2.24) is 5.32 Å². The van der Waals surface area contributed by atoms with Crippen LogP contribution in [0.4, 0.5) is 10.5 Å². The van der Waals surface area contributed by atoms with Gasteiger partial charge in [-0.15, -0.1) is 0 Å². The van der Waals surface area contributed by atoms with Gasteiger partial charge in [0.05, 0.1) is 18.1 Å². The molecule has 1 fully saturated rings. The van der Waals surface area contributed by atoms with E-state index in [1.165, 1.54) is 0 Å². The Morgan fingerprint density at radius 2 is 2.19 bits per heavy atom. The Kier molecular flexibility index (Phi) is 4.43. The number of hydrogen-bond acceptors (Lipinski definition) is 3. The molecule has 1 unspecified atom stereocenters. The van der Waals surface area contributed by atoms with Crippen molar-refractivity contribution in [1.29, 1.82) is 5.26 Å². The molecule has 1 aromatic rings. The van der Waals surface area contributed by atoms with E-state index in [4.69, 9.17) is 10.4 Å². The Morgan fingerprint density at radius 3 is 2.76 bits per heavy atom. The summed E-state index contributed by atoms with van der Waals surface area (Å²) in [5.41, 5.74) is 1.85. The number of benzene rings is 1. The summed E-state index contributed by atoms with van der Waals surface area (Å²) in [6, 6.07) is 6.26. The predicted octanol–water partition coefficient (Wildman–Crippen LogP) is 2.24. The fraction of sp³-hybridized carbons (Fsp3) is 0.400. The average molecular weight is 287 g/mol. The van der Waals surface area contributed by atoms with Crippen molar-refractivity contribution < 1.29 is 14.7 Å². The summed E-state index contributed by atoms with van der Waals surface area (Å²) in [6.07, 6.45) is 1.82. The highest BCUT2D eigenvalue weighted by molar-refractivity contribution is 5.90. The molecule has 0 bridgehead atoms. The van der Waals surface area contributed by atoms with E-state index >= 15 is 0 Å². The third kappa shape index (κ3) is 4.21. The monoisotopic (exact) mass is 287 g/mol.